The number of nitrogens with zero attached hydrogens (tertiary/aromatic N) is 3. The van der Waals surface area contributed by atoms with E-state index >= 15 is 0 Å². The van der Waals surface area contributed by atoms with Gasteiger partial charge in [0.05, 0.1) is 25.0 Å². The van der Waals surface area contributed by atoms with E-state index in [-0.39, 0.29) is 16.7 Å². The van der Waals surface area contributed by atoms with Gasteiger partial charge in [0.1, 0.15) is 5.82 Å². The molecule has 1 atom stereocenters. The first kappa shape index (κ1) is 27.2. The second-order valence-electron chi connectivity index (χ2n) is 8.91. The molecule has 1 unspecified atom stereocenters. The maximum absolute atomic E-state index is 13.4. The number of amides is 1. The Kier molecular flexibility index (Phi) is 9.60. The van der Waals surface area contributed by atoms with Crippen molar-refractivity contribution in [2.24, 2.45) is 5.92 Å². The first-order chi connectivity index (χ1) is 17.9. The van der Waals surface area contributed by atoms with Gasteiger partial charge in [-0.3, -0.25) is 9.69 Å². The van der Waals surface area contributed by atoms with Crippen LogP contribution in [0, 0.1) is 11.7 Å². The van der Waals surface area contributed by atoms with Crippen molar-refractivity contribution in [1.29, 1.82) is 0 Å². The van der Waals surface area contributed by atoms with Gasteiger partial charge in [0.25, 0.3) is 0 Å². The van der Waals surface area contributed by atoms with E-state index in [1.807, 2.05) is 18.2 Å². The van der Waals surface area contributed by atoms with E-state index in [1.165, 1.54) is 17.8 Å². The molecule has 0 bridgehead atoms. The van der Waals surface area contributed by atoms with Crippen LogP contribution in [0.15, 0.2) is 53.9 Å². The van der Waals surface area contributed by atoms with E-state index in [0.29, 0.717) is 29.1 Å². The average Bonchev–Trinajstić information content (AvgIpc) is 2.93. The van der Waals surface area contributed by atoms with Crippen molar-refractivity contribution >= 4 is 29.3 Å². The lowest BCUT2D eigenvalue weighted by Crippen LogP contribution is -2.41. The summed E-state index contributed by atoms with van der Waals surface area (Å²) in [7, 11) is 3.19. The number of halogens is 2. The Morgan fingerprint density at radius 2 is 1.92 bits per heavy atom. The zero-order chi connectivity index (χ0) is 26.2. The summed E-state index contributed by atoms with van der Waals surface area (Å²) in [5.41, 5.74) is 2.75. The second-order valence-corrected chi connectivity index (χ2v) is 10.3. The second kappa shape index (κ2) is 13.1. The Bertz CT molecular complexity index is 1210. The molecule has 1 aliphatic heterocycles. The number of nitrogens with one attached hydrogen (secondary N) is 1. The molecule has 1 amide bonds. The number of hydrogen-bond donors (Lipinski definition) is 1. The predicted molar refractivity (Wildman–Crippen MR) is 144 cm³/mol. The summed E-state index contributed by atoms with van der Waals surface area (Å²) in [6, 6.07) is 10.5. The molecule has 1 aliphatic rings. The summed E-state index contributed by atoms with van der Waals surface area (Å²) in [5, 5.41) is 3.74. The number of carbonyl (C=O) groups is 1. The van der Waals surface area contributed by atoms with Gasteiger partial charge in [0, 0.05) is 37.6 Å². The Balaban J connectivity index is 1.22. The zero-order valence-electron chi connectivity index (χ0n) is 20.9. The summed E-state index contributed by atoms with van der Waals surface area (Å²) in [6.07, 6.45) is 5.60. The lowest BCUT2D eigenvalue weighted by molar-refractivity contribution is -0.118. The highest BCUT2D eigenvalue weighted by molar-refractivity contribution is 7.99. The van der Waals surface area contributed by atoms with Crippen LogP contribution < -0.4 is 14.8 Å². The smallest absolute Gasteiger partial charge is 0.230 e. The van der Waals surface area contributed by atoms with Crippen LogP contribution in [0.3, 0.4) is 0 Å². The molecule has 1 aromatic heterocycles. The maximum atomic E-state index is 13.4. The molecule has 37 heavy (non-hydrogen) atoms. The van der Waals surface area contributed by atoms with E-state index in [2.05, 4.69) is 20.2 Å². The van der Waals surface area contributed by atoms with Gasteiger partial charge in [-0.05, 0) is 60.7 Å². The minimum atomic E-state index is -0.401. The molecule has 4 rings (SSSR count). The van der Waals surface area contributed by atoms with Crippen molar-refractivity contribution in [3.63, 3.8) is 0 Å². The molecule has 1 fully saturated rings. The third kappa shape index (κ3) is 7.56. The topological polar surface area (TPSA) is 76.6 Å². The molecule has 0 saturated carbocycles. The maximum Gasteiger partial charge on any atom is 0.230 e. The largest absolute Gasteiger partial charge is 0.493 e. The molecule has 2 aromatic carbocycles. The normalized spacial score (nSPS) is 15.8. The summed E-state index contributed by atoms with van der Waals surface area (Å²) >= 11 is 7.22. The van der Waals surface area contributed by atoms with Crippen LogP contribution in [0.4, 0.5) is 4.39 Å². The average molecular weight is 545 g/mol. The minimum absolute atomic E-state index is 0.0417. The molecular formula is C27H30ClFN4O3S. The number of likely N-dealkylation sites (tertiary alicyclic amines) is 1. The summed E-state index contributed by atoms with van der Waals surface area (Å²) < 4.78 is 24.1. The number of carbonyl (C=O) groups excluding carboxylic acids is 1. The lowest BCUT2D eigenvalue weighted by atomic mass is 9.97. The number of aromatic nitrogens is 2. The highest BCUT2D eigenvalue weighted by Crippen LogP contribution is 2.32. The zero-order valence-corrected chi connectivity index (χ0v) is 22.4. The van der Waals surface area contributed by atoms with E-state index in [4.69, 9.17) is 21.1 Å². The van der Waals surface area contributed by atoms with Crippen LogP contribution in [0.5, 0.6) is 11.5 Å². The molecule has 3 aromatic rings. The number of ether oxygens (including phenoxy) is 2. The number of thioether (sulfide) groups is 1. The molecule has 1 saturated heterocycles. The van der Waals surface area contributed by atoms with Gasteiger partial charge < -0.3 is 14.8 Å². The SMILES string of the molecule is COc1ccc(-c2cnc(SCC(=O)NCC3CCCN(Cc4ccc(F)c(Cl)c4)C3)nc2)cc1OC. The van der Waals surface area contributed by atoms with Crippen LogP contribution in [0.1, 0.15) is 18.4 Å². The van der Waals surface area contributed by atoms with Gasteiger partial charge in [0.15, 0.2) is 16.7 Å². The minimum Gasteiger partial charge on any atom is -0.493 e. The molecule has 2 heterocycles. The van der Waals surface area contributed by atoms with Gasteiger partial charge in [-0.1, -0.05) is 35.5 Å². The monoisotopic (exact) mass is 544 g/mol. The van der Waals surface area contributed by atoms with E-state index in [1.54, 1.807) is 38.7 Å². The fraction of sp³-hybridized carbons (Fsp3) is 0.370. The van der Waals surface area contributed by atoms with E-state index in [9.17, 15) is 9.18 Å². The number of rotatable bonds is 10. The van der Waals surface area contributed by atoms with Crippen molar-refractivity contribution in [2.45, 2.75) is 24.5 Å². The Labute approximate surface area is 225 Å². The van der Waals surface area contributed by atoms with Crippen LogP contribution in [-0.4, -0.2) is 60.4 Å². The summed E-state index contributed by atoms with van der Waals surface area (Å²) in [4.78, 5) is 23.6. The first-order valence-electron chi connectivity index (χ1n) is 12.1. The predicted octanol–water partition coefficient (Wildman–Crippen LogP) is 5.07. The van der Waals surface area contributed by atoms with Crippen molar-refractivity contribution in [3.05, 3.63) is 65.2 Å². The van der Waals surface area contributed by atoms with E-state index < -0.39 is 5.82 Å². The van der Waals surface area contributed by atoms with Crippen LogP contribution in [-0.2, 0) is 11.3 Å². The molecule has 0 aliphatic carbocycles. The Morgan fingerprint density at radius 3 is 2.65 bits per heavy atom. The molecule has 1 N–H and O–H groups in total. The highest BCUT2D eigenvalue weighted by Gasteiger charge is 2.21. The van der Waals surface area contributed by atoms with Crippen molar-refractivity contribution in [2.75, 3.05) is 39.6 Å². The number of benzene rings is 2. The van der Waals surface area contributed by atoms with Gasteiger partial charge in [0.2, 0.25) is 5.91 Å². The lowest BCUT2D eigenvalue weighted by Gasteiger charge is -2.32. The summed E-state index contributed by atoms with van der Waals surface area (Å²) in [6.45, 7) is 3.20. The van der Waals surface area contributed by atoms with Crippen molar-refractivity contribution in [1.82, 2.24) is 20.2 Å². The third-order valence-electron chi connectivity index (χ3n) is 6.26. The van der Waals surface area contributed by atoms with Crippen LogP contribution in [0.25, 0.3) is 11.1 Å². The number of piperidine rings is 1. The number of methoxy groups -OCH3 is 2. The quantitative estimate of drug-likeness (QED) is 0.282. The van der Waals surface area contributed by atoms with Gasteiger partial charge >= 0.3 is 0 Å². The van der Waals surface area contributed by atoms with Crippen molar-refractivity contribution in [3.8, 4) is 22.6 Å². The molecule has 10 heteroatoms. The third-order valence-corrected chi connectivity index (χ3v) is 7.42. The molecule has 196 valence electrons. The van der Waals surface area contributed by atoms with Crippen LogP contribution in [0.2, 0.25) is 5.02 Å². The van der Waals surface area contributed by atoms with E-state index in [0.717, 1.165) is 49.2 Å². The summed E-state index contributed by atoms with van der Waals surface area (Å²) in [5.74, 6) is 1.47. The Hall–Kier alpha value is -2.88. The Morgan fingerprint density at radius 1 is 1.14 bits per heavy atom. The number of hydrogen-bond acceptors (Lipinski definition) is 7. The van der Waals surface area contributed by atoms with Gasteiger partial charge in [-0.15, -0.1) is 0 Å². The fourth-order valence-electron chi connectivity index (χ4n) is 4.35. The van der Waals surface area contributed by atoms with Gasteiger partial charge in [-0.25, -0.2) is 14.4 Å². The standard InChI is InChI=1S/C27H30ClFN4O3S/c1-35-24-8-6-20(11-25(24)36-2)21-13-31-27(32-14-21)37-17-26(34)30-12-19-4-3-9-33(16-19)15-18-5-7-23(29)22(28)10-18/h5-8,10-11,13-14,19H,3-4,9,12,15-17H2,1-2H3,(H,30,34). The molecule has 7 nitrogen and oxygen atoms in total. The molecule has 0 radical (unpaired) electrons. The van der Waals surface area contributed by atoms with Crippen LogP contribution >= 0.6 is 23.4 Å². The highest BCUT2D eigenvalue weighted by atomic mass is 35.5. The van der Waals surface area contributed by atoms with Crippen molar-refractivity contribution < 1.29 is 18.7 Å². The first-order valence-corrected chi connectivity index (χ1v) is 13.4. The van der Waals surface area contributed by atoms with Gasteiger partial charge in [-0.2, -0.15) is 0 Å². The molecular weight excluding hydrogens is 515 g/mol. The molecule has 0 spiro atoms. The fourth-order valence-corrected chi connectivity index (χ4v) is 5.17.